The van der Waals surface area contributed by atoms with Crippen LogP contribution in [0.25, 0.3) is 0 Å². The van der Waals surface area contributed by atoms with Crippen LogP contribution >= 0.6 is 0 Å². The molecule has 0 spiro atoms. The highest BCUT2D eigenvalue weighted by Crippen LogP contribution is 2.39. The molecular formula is C18H28N4O. The molecule has 0 amide bonds. The van der Waals surface area contributed by atoms with Crippen LogP contribution < -0.4 is 0 Å². The molecule has 5 heteroatoms. The molecule has 2 saturated carbocycles. The molecule has 5 nitrogen and oxygen atoms in total. The Morgan fingerprint density at radius 1 is 0.957 bits per heavy atom. The van der Waals surface area contributed by atoms with Gasteiger partial charge in [-0.3, -0.25) is 9.80 Å². The van der Waals surface area contributed by atoms with E-state index < -0.39 is 0 Å². The molecule has 0 aromatic carbocycles. The lowest BCUT2D eigenvalue weighted by atomic mass is 9.83. The van der Waals surface area contributed by atoms with E-state index >= 15 is 0 Å². The molecule has 126 valence electrons. The summed E-state index contributed by atoms with van der Waals surface area (Å²) in [6.45, 7) is 5.91. The van der Waals surface area contributed by atoms with Crippen molar-refractivity contribution in [1.29, 1.82) is 0 Å². The predicted molar refractivity (Wildman–Crippen MR) is 87.0 cm³/mol. The van der Waals surface area contributed by atoms with Crippen molar-refractivity contribution in [3.8, 4) is 0 Å². The molecule has 1 aromatic rings. The van der Waals surface area contributed by atoms with E-state index in [1.54, 1.807) is 0 Å². The van der Waals surface area contributed by atoms with Crippen molar-refractivity contribution in [2.24, 2.45) is 11.8 Å². The summed E-state index contributed by atoms with van der Waals surface area (Å²) in [5, 5.41) is 8.53. The predicted octanol–water partition coefficient (Wildman–Crippen LogP) is 2.64. The average Bonchev–Trinajstić information content (AvgIpc) is 3.29. The van der Waals surface area contributed by atoms with Crippen LogP contribution in [0.5, 0.6) is 0 Å². The van der Waals surface area contributed by atoms with Gasteiger partial charge in [0, 0.05) is 38.1 Å². The van der Waals surface area contributed by atoms with Gasteiger partial charge in [-0.05, 0) is 50.4 Å². The third-order valence-corrected chi connectivity index (χ3v) is 6.39. The number of rotatable bonds is 5. The zero-order valence-electron chi connectivity index (χ0n) is 14.0. The maximum Gasteiger partial charge on any atom is 0.230 e. The Labute approximate surface area is 138 Å². The number of piperidine rings is 1. The molecule has 1 aromatic heterocycles. The van der Waals surface area contributed by atoms with Crippen LogP contribution in [0.2, 0.25) is 0 Å². The summed E-state index contributed by atoms with van der Waals surface area (Å²) in [6, 6.07) is 0.750. The van der Waals surface area contributed by atoms with Crippen LogP contribution in [0.1, 0.15) is 62.6 Å². The van der Waals surface area contributed by atoms with E-state index in [1.165, 1.54) is 71.1 Å². The molecule has 3 saturated heterocycles. The minimum Gasteiger partial charge on any atom is -0.424 e. The van der Waals surface area contributed by atoms with Crippen molar-refractivity contribution in [1.82, 2.24) is 20.0 Å². The van der Waals surface area contributed by atoms with Crippen molar-refractivity contribution in [3.63, 3.8) is 0 Å². The van der Waals surface area contributed by atoms with E-state index in [0.29, 0.717) is 5.92 Å². The second-order valence-corrected chi connectivity index (χ2v) is 8.35. The number of nitrogens with zero attached hydrogens (tertiary/aromatic N) is 4. The fraction of sp³-hybridized carbons (Fsp3) is 0.889. The summed E-state index contributed by atoms with van der Waals surface area (Å²) in [5.74, 6) is 4.09. The van der Waals surface area contributed by atoms with Crippen molar-refractivity contribution in [3.05, 3.63) is 11.8 Å². The molecule has 23 heavy (non-hydrogen) atoms. The van der Waals surface area contributed by atoms with Crippen LogP contribution in [0, 0.1) is 11.8 Å². The van der Waals surface area contributed by atoms with Gasteiger partial charge in [0.15, 0.2) is 0 Å². The van der Waals surface area contributed by atoms with Gasteiger partial charge < -0.3 is 4.42 Å². The Morgan fingerprint density at radius 2 is 1.87 bits per heavy atom. The number of hydrogen-bond acceptors (Lipinski definition) is 5. The van der Waals surface area contributed by atoms with Gasteiger partial charge in [-0.1, -0.05) is 6.42 Å². The number of hydrogen-bond donors (Lipinski definition) is 0. The minimum absolute atomic E-state index is 0.564. The molecule has 6 rings (SSSR count). The highest BCUT2D eigenvalue weighted by Gasteiger charge is 2.37. The average molecular weight is 316 g/mol. The van der Waals surface area contributed by atoms with E-state index in [2.05, 4.69) is 20.0 Å². The summed E-state index contributed by atoms with van der Waals surface area (Å²) in [6.07, 6.45) is 9.62. The van der Waals surface area contributed by atoms with Crippen LogP contribution in [0.3, 0.4) is 0 Å². The zero-order valence-corrected chi connectivity index (χ0v) is 14.0. The molecule has 2 aliphatic carbocycles. The molecule has 2 atom stereocenters. The van der Waals surface area contributed by atoms with Gasteiger partial charge in [-0.15, -0.1) is 10.2 Å². The number of aromatic nitrogens is 2. The lowest BCUT2D eigenvalue weighted by molar-refractivity contribution is 0.0888. The lowest BCUT2D eigenvalue weighted by Crippen LogP contribution is -2.46. The first-order valence-electron chi connectivity index (χ1n) is 9.62. The van der Waals surface area contributed by atoms with E-state index in [-0.39, 0.29) is 0 Å². The summed E-state index contributed by atoms with van der Waals surface area (Å²) >= 11 is 0. The second kappa shape index (κ2) is 5.85. The molecule has 0 unspecified atom stereocenters. The molecule has 5 fully saturated rings. The van der Waals surface area contributed by atoms with E-state index in [4.69, 9.17) is 4.42 Å². The van der Waals surface area contributed by atoms with Crippen molar-refractivity contribution in [2.45, 2.75) is 63.5 Å². The van der Waals surface area contributed by atoms with Crippen molar-refractivity contribution < 1.29 is 4.42 Å². The van der Waals surface area contributed by atoms with Crippen LogP contribution in [0.4, 0.5) is 0 Å². The maximum atomic E-state index is 5.88. The third-order valence-electron chi connectivity index (χ3n) is 6.39. The first-order valence-corrected chi connectivity index (χ1v) is 9.62. The highest BCUT2D eigenvalue weighted by molar-refractivity contribution is 5.00. The summed E-state index contributed by atoms with van der Waals surface area (Å²) in [5.41, 5.74) is 0. The van der Waals surface area contributed by atoms with Gasteiger partial charge in [-0.2, -0.15) is 0 Å². The van der Waals surface area contributed by atoms with Crippen molar-refractivity contribution >= 4 is 0 Å². The van der Waals surface area contributed by atoms with Gasteiger partial charge in [0.25, 0.3) is 0 Å². The minimum atomic E-state index is 0.564. The molecular weight excluding hydrogens is 288 g/mol. The second-order valence-electron chi connectivity index (χ2n) is 8.35. The van der Waals surface area contributed by atoms with Gasteiger partial charge >= 0.3 is 0 Å². The monoisotopic (exact) mass is 316 g/mol. The molecule has 3 aliphatic heterocycles. The summed E-state index contributed by atoms with van der Waals surface area (Å²) < 4.78 is 5.88. The summed E-state index contributed by atoms with van der Waals surface area (Å²) in [4.78, 5) is 5.38. The van der Waals surface area contributed by atoms with Gasteiger partial charge in [0.05, 0.1) is 6.54 Å². The highest BCUT2D eigenvalue weighted by atomic mass is 16.4. The Kier molecular flexibility index (Phi) is 3.66. The van der Waals surface area contributed by atoms with Crippen molar-refractivity contribution in [2.75, 3.05) is 26.2 Å². The van der Waals surface area contributed by atoms with Crippen LogP contribution in [-0.2, 0) is 6.54 Å². The molecule has 4 heterocycles. The van der Waals surface area contributed by atoms with Gasteiger partial charge in [0.2, 0.25) is 11.8 Å². The number of fused-ring (bicyclic) bond motifs is 4. The summed E-state index contributed by atoms with van der Waals surface area (Å²) in [7, 11) is 0. The topological polar surface area (TPSA) is 45.4 Å². The normalized spacial score (nSPS) is 32.9. The fourth-order valence-corrected chi connectivity index (χ4v) is 4.65. The SMILES string of the molecule is C1CC(CN2C[C@H]3CC[C@@H]2CN(Cc2nnc(C4CC4)o2)C3)C1. The van der Waals surface area contributed by atoms with Gasteiger partial charge in [0.1, 0.15) is 0 Å². The van der Waals surface area contributed by atoms with E-state index in [0.717, 1.165) is 36.2 Å². The molecule has 0 N–H and O–H groups in total. The zero-order chi connectivity index (χ0) is 15.2. The largest absolute Gasteiger partial charge is 0.424 e. The molecule has 0 radical (unpaired) electrons. The Morgan fingerprint density at radius 3 is 2.65 bits per heavy atom. The van der Waals surface area contributed by atoms with Crippen LogP contribution in [-0.4, -0.2) is 52.2 Å². The first kappa shape index (κ1) is 14.4. The third kappa shape index (κ3) is 3.05. The molecule has 2 bridgehead atoms. The molecule has 5 aliphatic rings. The lowest BCUT2D eigenvalue weighted by Gasteiger charge is -2.40. The Balaban J connectivity index is 1.23. The maximum absolute atomic E-state index is 5.88. The Hall–Kier alpha value is -0.940. The quantitative estimate of drug-likeness (QED) is 0.835. The van der Waals surface area contributed by atoms with E-state index in [9.17, 15) is 0 Å². The van der Waals surface area contributed by atoms with Crippen LogP contribution in [0.15, 0.2) is 4.42 Å². The Bertz CT molecular complexity index is 551. The smallest absolute Gasteiger partial charge is 0.230 e. The van der Waals surface area contributed by atoms with Gasteiger partial charge in [-0.25, -0.2) is 0 Å². The van der Waals surface area contributed by atoms with E-state index in [1.807, 2.05) is 0 Å². The fourth-order valence-electron chi connectivity index (χ4n) is 4.65. The first-order chi connectivity index (χ1) is 11.3. The standard InChI is InChI=1S/C18H28N4O/c1-2-13(3-1)9-22-10-14-4-7-16(22)11-21(8-14)12-17-19-20-18(23-17)15-5-6-15/h13-16H,1-12H2/t14-,16+/m0/s1.